The average Bonchev–Trinajstić information content (AvgIpc) is 2.70. The summed E-state index contributed by atoms with van der Waals surface area (Å²) in [5.41, 5.74) is 0.304. The third-order valence-electron chi connectivity index (χ3n) is 3.38. The quantitative estimate of drug-likeness (QED) is 0.635. The van der Waals surface area contributed by atoms with Crippen LogP contribution in [0.1, 0.15) is 22.8 Å². The fraction of sp³-hybridized carbons (Fsp3) is 0.133. The molecule has 1 aliphatic rings. The minimum Gasteiger partial charge on any atom is -0.295 e. The summed E-state index contributed by atoms with van der Waals surface area (Å²) in [6.07, 6.45) is -4.46. The molecule has 0 saturated heterocycles. The van der Waals surface area contributed by atoms with Crippen molar-refractivity contribution in [2.24, 2.45) is 0 Å². The predicted molar refractivity (Wildman–Crippen MR) is 71.6 cm³/mol. The smallest absolute Gasteiger partial charge is 0.295 e. The molecule has 108 valence electrons. The van der Waals surface area contributed by atoms with E-state index < -0.39 is 22.5 Å². The lowest BCUT2D eigenvalue weighted by molar-refractivity contribution is -0.137. The van der Waals surface area contributed by atoms with Crippen molar-refractivity contribution in [1.82, 2.24) is 0 Å². The Morgan fingerprint density at radius 1 is 1.00 bits per heavy atom. The lowest BCUT2D eigenvalue weighted by Gasteiger charge is -2.08. The van der Waals surface area contributed by atoms with Gasteiger partial charge in [-0.05, 0) is 37.3 Å². The summed E-state index contributed by atoms with van der Waals surface area (Å²) < 4.78 is 50.7. The number of hydrogen-bond donors (Lipinski definition) is 0. The molecule has 0 fully saturated rings. The second kappa shape index (κ2) is 4.53. The maximum absolute atomic E-state index is 12.8. The molecule has 0 amide bonds. The second-order valence-corrected chi connectivity index (χ2v) is 6.16. The van der Waals surface area contributed by atoms with E-state index in [4.69, 9.17) is 0 Å². The molecule has 2 nitrogen and oxygen atoms in total. The Labute approximate surface area is 121 Å². The van der Waals surface area contributed by atoms with Gasteiger partial charge in [0.2, 0.25) is 0 Å². The zero-order valence-electron chi connectivity index (χ0n) is 10.8. The van der Waals surface area contributed by atoms with Crippen LogP contribution in [0.5, 0.6) is 0 Å². The molecule has 0 bridgehead atoms. The Morgan fingerprint density at radius 3 is 2.14 bits per heavy atom. The third-order valence-corrected chi connectivity index (χ3v) is 4.89. The van der Waals surface area contributed by atoms with Crippen LogP contribution >= 0.6 is 0 Å². The average molecular weight is 310 g/mol. The highest BCUT2D eigenvalue weighted by Crippen LogP contribution is 2.43. The first-order chi connectivity index (χ1) is 9.79. The van der Waals surface area contributed by atoms with Crippen LogP contribution in [0.25, 0.3) is 11.1 Å². The van der Waals surface area contributed by atoms with Gasteiger partial charge in [0.15, 0.2) is 5.78 Å². The summed E-state index contributed by atoms with van der Waals surface area (Å²) in [5, 5.41) is 0. The number of hydrogen-bond acceptors (Lipinski definition) is 2. The van der Waals surface area contributed by atoms with Gasteiger partial charge in [-0.25, -0.2) is 4.21 Å². The molecule has 0 N–H and O–H groups in total. The minimum absolute atomic E-state index is 0.191. The van der Waals surface area contributed by atoms with Crippen LogP contribution in [-0.4, -0.2) is 9.99 Å². The molecule has 1 heterocycles. The Kier molecular flexibility index (Phi) is 3.02. The largest absolute Gasteiger partial charge is 0.416 e. The van der Waals surface area contributed by atoms with Gasteiger partial charge in [-0.3, -0.25) is 4.79 Å². The fourth-order valence-electron chi connectivity index (χ4n) is 2.32. The molecule has 6 heteroatoms. The molecular formula is C15H9F3O2S. The summed E-state index contributed by atoms with van der Waals surface area (Å²) in [7, 11) is -1.51. The first kappa shape index (κ1) is 14.0. The van der Waals surface area contributed by atoms with E-state index in [0.29, 0.717) is 20.9 Å². The monoisotopic (exact) mass is 310 g/mol. The highest BCUT2D eigenvalue weighted by molar-refractivity contribution is 7.85. The molecule has 21 heavy (non-hydrogen) atoms. The van der Waals surface area contributed by atoms with Gasteiger partial charge in [0, 0.05) is 16.7 Å². The van der Waals surface area contributed by atoms with Crippen LogP contribution in [0.2, 0.25) is 0 Å². The van der Waals surface area contributed by atoms with Gasteiger partial charge in [0.25, 0.3) is 0 Å². The number of alkyl halides is 3. The van der Waals surface area contributed by atoms with Crippen molar-refractivity contribution in [2.75, 3.05) is 0 Å². The second-order valence-electron chi connectivity index (χ2n) is 4.74. The molecule has 0 spiro atoms. The van der Waals surface area contributed by atoms with E-state index in [1.54, 1.807) is 0 Å². The van der Waals surface area contributed by atoms with Gasteiger partial charge in [0.05, 0.1) is 26.2 Å². The van der Waals surface area contributed by atoms with E-state index in [1.165, 1.54) is 31.2 Å². The highest BCUT2D eigenvalue weighted by Gasteiger charge is 2.34. The molecule has 0 aliphatic carbocycles. The van der Waals surface area contributed by atoms with Crippen molar-refractivity contribution < 1.29 is 22.2 Å². The van der Waals surface area contributed by atoms with Crippen molar-refractivity contribution in [1.29, 1.82) is 0 Å². The molecule has 3 rings (SSSR count). The first-order valence-corrected chi connectivity index (χ1v) is 7.22. The van der Waals surface area contributed by atoms with Crippen molar-refractivity contribution >= 4 is 16.6 Å². The molecule has 0 aromatic heterocycles. The van der Waals surface area contributed by atoms with Crippen LogP contribution in [0, 0.1) is 0 Å². The summed E-state index contributed by atoms with van der Waals surface area (Å²) in [5.74, 6) is -0.191. The molecule has 0 saturated carbocycles. The van der Waals surface area contributed by atoms with Gasteiger partial charge in [-0.1, -0.05) is 6.07 Å². The minimum atomic E-state index is -4.46. The van der Waals surface area contributed by atoms with E-state index in [-0.39, 0.29) is 11.3 Å². The Bertz CT molecular complexity index is 794. The van der Waals surface area contributed by atoms with Gasteiger partial charge in [-0.15, -0.1) is 0 Å². The van der Waals surface area contributed by atoms with Gasteiger partial charge in [0.1, 0.15) is 0 Å². The number of fused-ring (bicyclic) bond motifs is 3. The standard InChI is InChI=1S/C15H9F3O2S/c1-8(19)9-2-4-13-11(6-9)12-7-10(15(16,17)18)3-5-14(12)21(13)20/h2-7H,1H3. The van der Waals surface area contributed by atoms with E-state index >= 15 is 0 Å². The van der Waals surface area contributed by atoms with E-state index in [2.05, 4.69) is 0 Å². The van der Waals surface area contributed by atoms with Crippen molar-refractivity contribution in [3.05, 3.63) is 47.5 Å². The number of rotatable bonds is 1. The number of carbonyl (C=O) groups excluding carboxylic acids is 1. The summed E-state index contributed by atoms with van der Waals surface area (Å²) in [4.78, 5) is 12.2. The lowest BCUT2D eigenvalue weighted by atomic mass is 10.00. The zero-order valence-corrected chi connectivity index (χ0v) is 11.6. The van der Waals surface area contributed by atoms with Crippen LogP contribution in [0.3, 0.4) is 0 Å². The molecule has 0 radical (unpaired) electrons. The van der Waals surface area contributed by atoms with Gasteiger partial charge < -0.3 is 0 Å². The predicted octanol–water partition coefficient (Wildman–Crippen LogP) is 4.06. The fourth-order valence-corrected chi connectivity index (χ4v) is 3.68. The number of Topliss-reactive ketones (excluding diaryl/α,β-unsaturated/α-hetero) is 1. The van der Waals surface area contributed by atoms with Crippen LogP contribution in [-0.2, 0) is 17.0 Å². The number of ketones is 1. The van der Waals surface area contributed by atoms with Crippen LogP contribution in [0.15, 0.2) is 46.2 Å². The molecular weight excluding hydrogens is 301 g/mol. The first-order valence-electron chi connectivity index (χ1n) is 6.07. The summed E-state index contributed by atoms with van der Waals surface area (Å²) in [6, 6.07) is 7.73. The van der Waals surface area contributed by atoms with Crippen molar-refractivity contribution in [3.63, 3.8) is 0 Å². The summed E-state index contributed by atoms with van der Waals surface area (Å²) >= 11 is 0. The molecule has 1 unspecified atom stereocenters. The van der Waals surface area contributed by atoms with Crippen LogP contribution in [0.4, 0.5) is 13.2 Å². The van der Waals surface area contributed by atoms with E-state index in [0.717, 1.165) is 12.1 Å². The maximum Gasteiger partial charge on any atom is 0.416 e. The van der Waals surface area contributed by atoms with Gasteiger partial charge >= 0.3 is 6.18 Å². The Morgan fingerprint density at radius 2 is 1.57 bits per heavy atom. The molecule has 2 aromatic carbocycles. The summed E-state index contributed by atoms with van der Waals surface area (Å²) in [6.45, 7) is 1.38. The molecule has 1 aliphatic heterocycles. The lowest BCUT2D eigenvalue weighted by Crippen LogP contribution is -2.04. The molecule has 1 atom stereocenters. The van der Waals surface area contributed by atoms with E-state index in [9.17, 15) is 22.2 Å². The maximum atomic E-state index is 12.8. The zero-order chi connectivity index (χ0) is 15.4. The SMILES string of the molecule is CC(=O)c1ccc2c(c1)-c1cc(C(F)(F)F)ccc1S2=O. The third kappa shape index (κ3) is 2.19. The van der Waals surface area contributed by atoms with Gasteiger partial charge in [-0.2, -0.15) is 13.2 Å². The van der Waals surface area contributed by atoms with Crippen molar-refractivity contribution in [2.45, 2.75) is 22.9 Å². The normalized spacial score (nSPS) is 16.5. The Hall–Kier alpha value is -1.95. The number of halogens is 3. The number of benzene rings is 2. The van der Waals surface area contributed by atoms with Crippen molar-refractivity contribution in [3.8, 4) is 11.1 Å². The van der Waals surface area contributed by atoms with Crippen LogP contribution < -0.4 is 0 Å². The van der Waals surface area contributed by atoms with E-state index in [1.807, 2.05) is 0 Å². The number of carbonyl (C=O) groups is 1. The Balaban J connectivity index is 2.25. The topological polar surface area (TPSA) is 34.1 Å². The highest BCUT2D eigenvalue weighted by atomic mass is 32.2. The molecule has 2 aromatic rings.